The molecule has 4 rings (SSSR count). The number of furan rings is 1. The van der Waals surface area contributed by atoms with Gasteiger partial charge in [-0.05, 0) is 37.1 Å². The minimum absolute atomic E-state index is 0.112. The standard InChI is InChI=1S/C19H21N3O3/c23-19(21-22-8-2-1-3-9-22)17-11-15-16(20-17)5-4-6-18(15)25-13-14-7-10-24-12-14/h4-7,10-12,20H,1-3,8-9,13H2,(H,21,23). The highest BCUT2D eigenvalue weighted by Crippen LogP contribution is 2.27. The molecule has 3 aromatic rings. The van der Waals surface area contributed by atoms with Crippen LogP contribution in [0.4, 0.5) is 0 Å². The third-order valence-corrected chi connectivity index (χ3v) is 4.46. The number of hydrazine groups is 1. The Morgan fingerprint density at radius 1 is 1.24 bits per heavy atom. The molecule has 2 N–H and O–H groups in total. The molecule has 1 fully saturated rings. The molecule has 1 aliphatic heterocycles. The first-order chi connectivity index (χ1) is 12.3. The second kappa shape index (κ2) is 7.03. The number of hydrogen-bond donors (Lipinski definition) is 2. The zero-order valence-electron chi connectivity index (χ0n) is 14.0. The number of ether oxygens (including phenoxy) is 1. The van der Waals surface area contributed by atoms with Crippen LogP contribution >= 0.6 is 0 Å². The van der Waals surface area contributed by atoms with E-state index >= 15 is 0 Å². The Balaban J connectivity index is 1.50. The molecule has 0 unspecified atom stereocenters. The third kappa shape index (κ3) is 3.53. The van der Waals surface area contributed by atoms with Gasteiger partial charge in [0.15, 0.2) is 0 Å². The zero-order chi connectivity index (χ0) is 17.1. The van der Waals surface area contributed by atoms with Crippen molar-refractivity contribution in [1.82, 2.24) is 15.4 Å². The lowest BCUT2D eigenvalue weighted by molar-refractivity contribution is 0.0745. The number of hydrogen-bond acceptors (Lipinski definition) is 4. The molecular weight excluding hydrogens is 318 g/mol. The first kappa shape index (κ1) is 15.8. The molecule has 0 bridgehead atoms. The number of amides is 1. The van der Waals surface area contributed by atoms with E-state index in [1.165, 1.54) is 6.42 Å². The van der Waals surface area contributed by atoms with Gasteiger partial charge < -0.3 is 14.1 Å². The molecule has 1 aliphatic rings. The molecule has 6 nitrogen and oxygen atoms in total. The van der Waals surface area contributed by atoms with E-state index in [4.69, 9.17) is 9.15 Å². The van der Waals surface area contributed by atoms with Gasteiger partial charge in [0, 0.05) is 29.6 Å². The Labute approximate surface area is 145 Å². The van der Waals surface area contributed by atoms with Crippen molar-refractivity contribution in [3.63, 3.8) is 0 Å². The molecule has 0 spiro atoms. The maximum absolute atomic E-state index is 12.5. The summed E-state index contributed by atoms with van der Waals surface area (Å²) in [5.41, 5.74) is 5.37. The van der Waals surface area contributed by atoms with Crippen molar-refractivity contribution in [3.8, 4) is 5.75 Å². The molecule has 0 radical (unpaired) electrons. The maximum Gasteiger partial charge on any atom is 0.282 e. The van der Waals surface area contributed by atoms with E-state index in [0.717, 1.165) is 48.1 Å². The molecule has 1 saturated heterocycles. The van der Waals surface area contributed by atoms with E-state index in [-0.39, 0.29) is 5.91 Å². The maximum atomic E-state index is 12.5. The second-order valence-corrected chi connectivity index (χ2v) is 6.31. The van der Waals surface area contributed by atoms with Gasteiger partial charge in [-0.2, -0.15) is 0 Å². The molecule has 25 heavy (non-hydrogen) atoms. The smallest absolute Gasteiger partial charge is 0.282 e. The molecule has 0 saturated carbocycles. The fourth-order valence-electron chi connectivity index (χ4n) is 3.12. The van der Waals surface area contributed by atoms with Crippen LogP contribution < -0.4 is 10.2 Å². The lowest BCUT2D eigenvalue weighted by Crippen LogP contribution is -2.45. The van der Waals surface area contributed by atoms with Gasteiger partial charge in [-0.1, -0.05) is 12.5 Å². The van der Waals surface area contributed by atoms with Crippen LogP contribution in [0.3, 0.4) is 0 Å². The van der Waals surface area contributed by atoms with Crippen LogP contribution in [0.5, 0.6) is 5.75 Å². The highest BCUT2D eigenvalue weighted by molar-refractivity contribution is 5.99. The molecule has 0 atom stereocenters. The number of carbonyl (C=O) groups is 1. The van der Waals surface area contributed by atoms with Gasteiger partial charge in [-0.3, -0.25) is 10.2 Å². The highest BCUT2D eigenvalue weighted by atomic mass is 16.5. The monoisotopic (exact) mass is 339 g/mol. The summed E-state index contributed by atoms with van der Waals surface area (Å²) in [4.78, 5) is 15.7. The number of rotatable bonds is 5. The van der Waals surface area contributed by atoms with Crippen molar-refractivity contribution < 1.29 is 13.9 Å². The molecule has 3 heterocycles. The fourth-order valence-corrected chi connectivity index (χ4v) is 3.12. The number of piperidine rings is 1. The lowest BCUT2D eigenvalue weighted by atomic mass is 10.2. The number of benzene rings is 1. The summed E-state index contributed by atoms with van der Waals surface area (Å²) in [6.45, 7) is 2.24. The highest BCUT2D eigenvalue weighted by Gasteiger charge is 2.16. The van der Waals surface area contributed by atoms with E-state index in [2.05, 4.69) is 10.4 Å². The minimum Gasteiger partial charge on any atom is -0.488 e. The van der Waals surface area contributed by atoms with Gasteiger partial charge >= 0.3 is 0 Å². The quantitative estimate of drug-likeness (QED) is 0.747. The molecule has 6 heteroatoms. The molecule has 1 amide bonds. The second-order valence-electron chi connectivity index (χ2n) is 6.31. The summed E-state index contributed by atoms with van der Waals surface area (Å²) in [5, 5.41) is 2.89. The largest absolute Gasteiger partial charge is 0.488 e. The number of aromatic amines is 1. The van der Waals surface area contributed by atoms with Crippen LogP contribution in [-0.4, -0.2) is 29.0 Å². The Kier molecular flexibility index (Phi) is 4.43. The van der Waals surface area contributed by atoms with Crippen LogP contribution in [0.25, 0.3) is 10.9 Å². The molecule has 2 aromatic heterocycles. The van der Waals surface area contributed by atoms with Gasteiger partial charge in [0.05, 0.1) is 12.5 Å². The Morgan fingerprint density at radius 2 is 2.12 bits per heavy atom. The SMILES string of the molecule is O=C(NN1CCCCC1)c1cc2c(OCc3ccoc3)cccc2[nH]1. The normalized spacial score (nSPS) is 15.4. The predicted molar refractivity (Wildman–Crippen MR) is 94.2 cm³/mol. The van der Waals surface area contributed by atoms with E-state index in [1.807, 2.05) is 35.3 Å². The fraction of sp³-hybridized carbons (Fsp3) is 0.316. The van der Waals surface area contributed by atoms with Crippen LogP contribution in [-0.2, 0) is 6.61 Å². The summed E-state index contributed by atoms with van der Waals surface area (Å²) in [6, 6.07) is 9.48. The summed E-state index contributed by atoms with van der Waals surface area (Å²) >= 11 is 0. The van der Waals surface area contributed by atoms with Crippen molar-refractivity contribution in [2.45, 2.75) is 25.9 Å². The summed E-state index contributed by atoms with van der Waals surface area (Å²) in [7, 11) is 0. The van der Waals surface area contributed by atoms with Crippen LogP contribution in [0.15, 0.2) is 47.3 Å². The van der Waals surface area contributed by atoms with Crippen molar-refractivity contribution in [2.75, 3.05) is 13.1 Å². The molecule has 1 aromatic carbocycles. The van der Waals surface area contributed by atoms with Gasteiger partial charge in [-0.15, -0.1) is 0 Å². The zero-order valence-corrected chi connectivity index (χ0v) is 14.0. The average Bonchev–Trinajstić information content (AvgIpc) is 3.30. The number of carbonyl (C=O) groups excluding carboxylic acids is 1. The lowest BCUT2D eigenvalue weighted by Gasteiger charge is -2.26. The minimum atomic E-state index is -0.112. The molecule has 0 aliphatic carbocycles. The number of nitrogens with zero attached hydrogens (tertiary/aromatic N) is 1. The van der Waals surface area contributed by atoms with Gasteiger partial charge in [0.2, 0.25) is 0 Å². The van der Waals surface area contributed by atoms with Crippen molar-refractivity contribution >= 4 is 16.8 Å². The number of H-pyrrole nitrogens is 1. The predicted octanol–water partition coefficient (Wildman–Crippen LogP) is 3.47. The van der Waals surface area contributed by atoms with Gasteiger partial charge in [0.25, 0.3) is 5.91 Å². The summed E-state index contributed by atoms with van der Waals surface area (Å²) in [6.07, 6.45) is 6.77. The van der Waals surface area contributed by atoms with Crippen LogP contribution in [0, 0.1) is 0 Å². The topological polar surface area (TPSA) is 70.5 Å². The van der Waals surface area contributed by atoms with Gasteiger partial charge in [0.1, 0.15) is 18.1 Å². The van der Waals surface area contributed by atoms with E-state index in [0.29, 0.717) is 12.3 Å². The van der Waals surface area contributed by atoms with E-state index < -0.39 is 0 Å². The number of fused-ring (bicyclic) bond motifs is 1. The third-order valence-electron chi connectivity index (χ3n) is 4.46. The summed E-state index contributed by atoms with van der Waals surface area (Å²) < 4.78 is 10.9. The Morgan fingerprint density at radius 3 is 2.92 bits per heavy atom. The first-order valence-electron chi connectivity index (χ1n) is 8.61. The Bertz CT molecular complexity index is 848. The Hall–Kier alpha value is -2.73. The van der Waals surface area contributed by atoms with Gasteiger partial charge in [-0.25, -0.2) is 5.01 Å². The molecule has 130 valence electrons. The van der Waals surface area contributed by atoms with Crippen molar-refractivity contribution in [2.24, 2.45) is 0 Å². The first-order valence-corrected chi connectivity index (χ1v) is 8.61. The van der Waals surface area contributed by atoms with Crippen molar-refractivity contribution in [1.29, 1.82) is 0 Å². The average molecular weight is 339 g/mol. The van der Waals surface area contributed by atoms with Crippen LogP contribution in [0.2, 0.25) is 0 Å². The number of nitrogens with one attached hydrogen (secondary N) is 2. The van der Waals surface area contributed by atoms with E-state index in [1.54, 1.807) is 12.5 Å². The number of aromatic nitrogens is 1. The van der Waals surface area contributed by atoms with Crippen molar-refractivity contribution in [3.05, 3.63) is 54.1 Å². The van der Waals surface area contributed by atoms with Crippen LogP contribution in [0.1, 0.15) is 35.3 Å². The molecular formula is C19H21N3O3. The summed E-state index contributed by atoms with van der Waals surface area (Å²) in [5.74, 6) is 0.630. The van der Waals surface area contributed by atoms with E-state index in [9.17, 15) is 4.79 Å².